The molecule has 2 unspecified atom stereocenters. The zero-order valence-electron chi connectivity index (χ0n) is 19.9. The molecule has 1 aromatic carbocycles. The molecule has 1 aromatic heterocycles. The van der Waals surface area contributed by atoms with Crippen LogP contribution in [0.1, 0.15) is 48.3 Å². The third-order valence-corrected chi connectivity index (χ3v) is 6.32. The summed E-state index contributed by atoms with van der Waals surface area (Å²) in [5.41, 5.74) is 4.94. The predicted molar refractivity (Wildman–Crippen MR) is 127 cm³/mol. The summed E-state index contributed by atoms with van der Waals surface area (Å²) < 4.78 is 7.29. The maximum atomic E-state index is 5.34. The Hall–Kier alpha value is -2.54. The maximum absolute atomic E-state index is 5.34. The molecular formula is C24H38N6O. The van der Waals surface area contributed by atoms with E-state index in [1.807, 2.05) is 30.9 Å². The van der Waals surface area contributed by atoms with Crippen molar-refractivity contribution in [1.82, 2.24) is 25.3 Å². The van der Waals surface area contributed by atoms with E-state index in [4.69, 9.17) is 4.74 Å². The first kappa shape index (κ1) is 23.1. The molecule has 7 heteroatoms. The van der Waals surface area contributed by atoms with Gasteiger partial charge in [0, 0.05) is 32.4 Å². The first-order chi connectivity index (χ1) is 14.9. The lowest BCUT2D eigenvalue weighted by Gasteiger charge is -2.29. The van der Waals surface area contributed by atoms with Crippen LogP contribution >= 0.6 is 0 Å². The zero-order valence-corrected chi connectivity index (χ0v) is 19.9. The summed E-state index contributed by atoms with van der Waals surface area (Å²) >= 11 is 0. The average Bonchev–Trinajstić information content (AvgIpc) is 3.38. The molecule has 0 aliphatic carbocycles. The van der Waals surface area contributed by atoms with Crippen molar-refractivity contribution in [1.29, 1.82) is 0 Å². The van der Waals surface area contributed by atoms with Gasteiger partial charge >= 0.3 is 0 Å². The minimum Gasteiger partial charge on any atom is -0.497 e. The lowest BCUT2D eigenvalue weighted by molar-refractivity contribution is 0.245. The average molecular weight is 427 g/mol. The Morgan fingerprint density at radius 1 is 1.19 bits per heavy atom. The number of aryl methyl sites for hydroxylation is 2. The third-order valence-electron chi connectivity index (χ3n) is 6.32. The molecule has 7 nitrogen and oxygen atoms in total. The van der Waals surface area contributed by atoms with E-state index in [2.05, 4.69) is 58.5 Å². The van der Waals surface area contributed by atoms with Gasteiger partial charge in [-0.05, 0) is 76.4 Å². The fourth-order valence-corrected chi connectivity index (χ4v) is 4.43. The van der Waals surface area contributed by atoms with Gasteiger partial charge in [-0.15, -0.1) is 0 Å². The van der Waals surface area contributed by atoms with Gasteiger partial charge in [0.05, 0.1) is 18.8 Å². The molecule has 2 heterocycles. The van der Waals surface area contributed by atoms with Crippen molar-refractivity contribution < 1.29 is 4.74 Å². The molecule has 3 rings (SSSR count). The highest BCUT2D eigenvalue weighted by Gasteiger charge is 2.24. The van der Waals surface area contributed by atoms with Crippen molar-refractivity contribution in [2.75, 3.05) is 33.8 Å². The second-order valence-corrected chi connectivity index (χ2v) is 8.51. The van der Waals surface area contributed by atoms with Gasteiger partial charge in [-0.1, -0.05) is 12.1 Å². The molecule has 170 valence electrons. The number of aromatic nitrogens is 2. The highest BCUT2D eigenvalue weighted by molar-refractivity contribution is 5.80. The molecule has 0 radical (unpaired) electrons. The normalized spacial score (nSPS) is 16.9. The highest BCUT2D eigenvalue weighted by Crippen LogP contribution is 2.26. The lowest BCUT2D eigenvalue weighted by atomic mass is 10.0. The predicted octanol–water partition coefficient (Wildman–Crippen LogP) is 2.98. The van der Waals surface area contributed by atoms with Crippen LogP contribution in [0.3, 0.4) is 0 Å². The molecular weight excluding hydrogens is 388 g/mol. The van der Waals surface area contributed by atoms with E-state index < -0.39 is 0 Å². The van der Waals surface area contributed by atoms with Gasteiger partial charge in [0.25, 0.3) is 0 Å². The molecule has 31 heavy (non-hydrogen) atoms. The van der Waals surface area contributed by atoms with E-state index >= 15 is 0 Å². The van der Waals surface area contributed by atoms with E-state index in [0.717, 1.165) is 43.5 Å². The molecule has 0 saturated carbocycles. The van der Waals surface area contributed by atoms with Crippen LogP contribution in [0.5, 0.6) is 5.75 Å². The van der Waals surface area contributed by atoms with Crippen molar-refractivity contribution in [3.8, 4) is 5.75 Å². The third kappa shape index (κ3) is 5.79. The smallest absolute Gasteiger partial charge is 0.191 e. The first-order valence-electron chi connectivity index (χ1n) is 11.3. The van der Waals surface area contributed by atoms with Crippen LogP contribution < -0.4 is 15.4 Å². The quantitative estimate of drug-likeness (QED) is 0.502. The van der Waals surface area contributed by atoms with Gasteiger partial charge in [-0.2, -0.15) is 5.10 Å². The molecule has 1 aliphatic heterocycles. The summed E-state index contributed by atoms with van der Waals surface area (Å²) in [6, 6.07) is 9.01. The number of aliphatic imine (C=N–C) groups is 1. The standard InChI is InChI=1S/C24H38N6O/c1-17(15-22-18(2)28-29(5)19(22)3)27-24(25-4)26-16-23(30-13-7-8-14-30)20-9-11-21(31-6)12-10-20/h9-12,17,23H,7-8,13-16H2,1-6H3,(H2,25,26,27). The number of rotatable bonds is 8. The number of nitrogens with one attached hydrogen (secondary N) is 2. The number of likely N-dealkylation sites (tertiary alicyclic amines) is 1. The minimum absolute atomic E-state index is 0.249. The second-order valence-electron chi connectivity index (χ2n) is 8.51. The van der Waals surface area contributed by atoms with Crippen LogP contribution in [0.15, 0.2) is 29.3 Å². The minimum atomic E-state index is 0.249. The molecule has 0 spiro atoms. The number of ether oxygens (including phenoxy) is 1. The summed E-state index contributed by atoms with van der Waals surface area (Å²) in [6.45, 7) is 9.49. The van der Waals surface area contributed by atoms with E-state index in [9.17, 15) is 0 Å². The van der Waals surface area contributed by atoms with E-state index in [1.54, 1.807) is 7.11 Å². The largest absolute Gasteiger partial charge is 0.497 e. The van der Waals surface area contributed by atoms with E-state index in [-0.39, 0.29) is 6.04 Å². The number of methoxy groups -OCH3 is 1. The molecule has 0 amide bonds. The van der Waals surface area contributed by atoms with Gasteiger partial charge in [-0.3, -0.25) is 14.6 Å². The molecule has 1 fully saturated rings. The topological polar surface area (TPSA) is 66.7 Å². The van der Waals surface area contributed by atoms with Crippen molar-refractivity contribution in [3.63, 3.8) is 0 Å². The second kappa shape index (κ2) is 10.7. The number of guanidine groups is 1. The van der Waals surface area contributed by atoms with Gasteiger partial charge in [0.15, 0.2) is 5.96 Å². The highest BCUT2D eigenvalue weighted by atomic mass is 16.5. The molecule has 2 aromatic rings. The lowest BCUT2D eigenvalue weighted by Crippen LogP contribution is -2.46. The molecule has 2 N–H and O–H groups in total. The Morgan fingerprint density at radius 2 is 1.87 bits per heavy atom. The number of nitrogens with zero attached hydrogens (tertiary/aromatic N) is 4. The van der Waals surface area contributed by atoms with E-state index in [1.165, 1.54) is 29.7 Å². The Kier molecular flexibility index (Phi) is 7.96. The fourth-order valence-electron chi connectivity index (χ4n) is 4.43. The molecule has 1 aliphatic rings. The summed E-state index contributed by atoms with van der Waals surface area (Å²) in [7, 11) is 5.54. The zero-order chi connectivity index (χ0) is 22.4. The van der Waals surface area contributed by atoms with Crippen molar-refractivity contribution in [3.05, 3.63) is 46.8 Å². The van der Waals surface area contributed by atoms with Crippen molar-refractivity contribution in [2.45, 2.75) is 52.1 Å². The van der Waals surface area contributed by atoms with Crippen LogP contribution in [0.2, 0.25) is 0 Å². The van der Waals surface area contributed by atoms with Crippen molar-refractivity contribution in [2.24, 2.45) is 12.0 Å². The Morgan fingerprint density at radius 3 is 2.42 bits per heavy atom. The van der Waals surface area contributed by atoms with Gasteiger partial charge in [-0.25, -0.2) is 0 Å². The molecule has 0 bridgehead atoms. The SMILES string of the molecule is CN=C(NCC(c1ccc(OC)cc1)N1CCCC1)NC(C)Cc1c(C)nn(C)c1C. The Balaban J connectivity index is 1.63. The molecule has 1 saturated heterocycles. The summed E-state index contributed by atoms with van der Waals surface area (Å²) in [6.07, 6.45) is 3.45. The van der Waals surface area contributed by atoms with Crippen molar-refractivity contribution >= 4 is 5.96 Å². The maximum Gasteiger partial charge on any atom is 0.191 e. The Labute approximate surface area is 186 Å². The number of hydrogen-bond acceptors (Lipinski definition) is 4. The van der Waals surface area contributed by atoms with Crippen LogP contribution in [0.25, 0.3) is 0 Å². The summed E-state index contributed by atoms with van der Waals surface area (Å²) in [5.74, 6) is 1.73. The van der Waals surface area contributed by atoms with Crippen LogP contribution in [-0.2, 0) is 13.5 Å². The summed E-state index contributed by atoms with van der Waals surface area (Å²) in [5, 5.41) is 11.7. The number of hydrogen-bond donors (Lipinski definition) is 2. The fraction of sp³-hybridized carbons (Fsp3) is 0.583. The number of benzene rings is 1. The van der Waals surface area contributed by atoms with E-state index in [0.29, 0.717) is 6.04 Å². The van der Waals surface area contributed by atoms with Gasteiger partial charge in [0.1, 0.15) is 5.75 Å². The molecule has 2 atom stereocenters. The van der Waals surface area contributed by atoms with Crippen LogP contribution in [0, 0.1) is 13.8 Å². The Bertz CT molecular complexity index is 867. The monoisotopic (exact) mass is 426 g/mol. The first-order valence-corrected chi connectivity index (χ1v) is 11.3. The van der Waals surface area contributed by atoms with Crippen LogP contribution in [-0.4, -0.2) is 60.5 Å². The van der Waals surface area contributed by atoms with Gasteiger partial charge < -0.3 is 15.4 Å². The summed E-state index contributed by atoms with van der Waals surface area (Å²) in [4.78, 5) is 7.04. The van der Waals surface area contributed by atoms with Gasteiger partial charge in [0.2, 0.25) is 0 Å². The van der Waals surface area contributed by atoms with Crippen LogP contribution in [0.4, 0.5) is 0 Å².